The number of para-hydroxylation sites is 1. The third-order valence-corrected chi connectivity index (χ3v) is 4.63. The van der Waals surface area contributed by atoms with Crippen molar-refractivity contribution in [2.75, 3.05) is 13.1 Å². The topological polar surface area (TPSA) is 56.1 Å². The number of nitrogens with one attached hydrogen (secondary N) is 1. The molecule has 0 unspecified atom stereocenters. The van der Waals surface area contributed by atoms with Gasteiger partial charge in [0.15, 0.2) is 0 Å². The summed E-state index contributed by atoms with van der Waals surface area (Å²) in [5.41, 5.74) is 1.70. The van der Waals surface area contributed by atoms with Crippen molar-refractivity contribution >= 4 is 22.2 Å². The highest BCUT2D eigenvalue weighted by atomic mass is 32.1. The zero-order valence-corrected chi connectivity index (χ0v) is 14.7. The molecule has 0 aliphatic rings. The molecule has 1 atom stereocenters. The largest absolute Gasteiger partial charge is 0.483 e. The van der Waals surface area contributed by atoms with Crippen molar-refractivity contribution in [1.29, 1.82) is 0 Å². The number of hydrogen-bond acceptors (Lipinski definition) is 5. The molecule has 24 heavy (non-hydrogen) atoms. The molecule has 2 heterocycles. The SMILES string of the molecule is CCNCC[C@@H](Oc1cccc2c(=O)n(C)cnc12)c1ccsc1. The fourth-order valence-corrected chi connectivity index (χ4v) is 3.33. The van der Waals surface area contributed by atoms with E-state index in [0.29, 0.717) is 16.7 Å². The first-order valence-electron chi connectivity index (χ1n) is 8.04. The fraction of sp³-hybridized carbons (Fsp3) is 0.333. The van der Waals surface area contributed by atoms with Crippen LogP contribution in [-0.2, 0) is 7.05 Å². The van der Waals surface area contributed by atoms with Gasteiger partial charge in [0.05, 0.1) is 11.7 Å². The van der Waals surface area contributed by atoms with Crippen LogP contribution in [0.4, 0.5) is 0 Å². The summed E-state index contributed by atoms with van der Waals surface area (Å²) in [4.78, 5) is 16.7. The molecule has 0 aliphatic heterocycles. The highest BCUT2D eigenvalue weighted by Crippen LogP contribution is 2.29. The van der Waals surface area contributed by atoms with Crippen molar-refractivity contribution in [3.63, 3.8) is 0 Å². The Labute approximate surface area is 144 Å². The Kier molecular flexibility index (Phi) is 5.27. The number of ether oxygens (including phenoxy) is 1. The van der Waals surface area contributed by atoms with Gasteiger partial charge in [0.1, 0.15) is 17.4 Å². The molecule has 0 aliphatic carbocycles. The monoisotopic (exact) mass is 343 g/mol. The Morgan fingerprint density at radius 2 is 2.25 bits per heavy atom. The van der Waals surface area contributed by atoms with Gasteiger partial charge in [-0.1, -0.05) is 13.0 Å². The van der Waals surface area contributed by atoms with Gasteiger partial charge in [-0.25, -0.2) is 4.98 Å². The minimum atomic E-state index is -0.0646. The second-order valence-corrected chi connectivity index (χ2v) is 6.40. The Morgan fingerprint density at radius 1 is 1.38 bits per heavy atom. The molecule has 0 saturated heterocycles. The maximum absolute atomic E-state index is 12.3. The van der Waals surface area contributed by atoms with Gasteiger partial charge in [0.25, 0.3) is 5.56 Å². The Hall–Kier alpha value is -2.18. The molecular formula is C18H21N3O2S. The molecule has 3 rings (SSSR count). The average Bonchev–Trinajstić information content (AvgIpc) is 3.12. The van der Waals surface area contributed by atoms with E-state index < -0.39 is 0 Å². The molecule has 0 spiro atoms. The van der Waals surface area contributed by atoms with Crippen molar-refractivity contribution in [2.24, 2.45) is 7.05 Å². The van der Waals surface area contributed by atoms with Gasteiger partial charge < -0.3 is 14.6 Å². The zero-order valence-electron chi connectivity index (χ0n) is 13.9. The van der Waals surface area contributed by atoms with E-state index in [-0.39, 0.29) is 11.7 Å². The number of benzene rings is 1. The second-order valence-electron chi connectivity index (χ2n) is 5.62. The summed E-state index contributed by atoms with van der Waals surface area (Å²) in [6.45, 7) is 3.89. The van der Waals surface area contributed by atoms with E-state index in [1.54, 1.807) is 24.5 Å². The van der Waals surface area contributed by atoms with Crippen molar-refractivity contribution in [1.82, 2.24) is 14.9 Å². The molecule has 0 bridgehead atoms. The summed E-state index contributed by atoms with van der Waals surface area (Å²) in [5.74, 6) is 0.651. The maximum Gasteiger partial charge on any atom is 0.261 e. The quantitative estimate of drug-likeness (QED) is 0.670. The lowest BCUT2D eigenvalue weighted by Gasteiger charge is -2.19. The predicted molar refractivity (Wildman–Crippen MR) is 97.8 cm³/mol. The van der Waals surface area contributed by atoms with E-state index >= 15 is 0 Å². The molecule has 1 aromatic carbocycles. The normalized spacial score (nSPS) is 12.4. The maximum atomic E-state index is 12.3. The minimum absolute atomic E-state index is 0.0632. The summed E-state index contributed by atoms with van der Waals surface area (Å²) >= 11 is 1.66. The van der Waals surface area contributed by atoms with Gasteiger partial charge in [-0.15, -0.1) is 0 Å². The Balaban J connectivity index is 1.93. The summed E-state index contributed by atoms with van der Waals surface area (Å²) in [6.07, 6.45) is 2.33. The van der Waals surface area contributed by atoms with E-state index in [1.165, 1.54) is 10.9 Å². The third-order valence-electron chi connectivity index (χ3n) is 3.93. The molecule has 6 heteroatoms. The van der Waals surface area contributed by atoms with Crippen LogP contribution in [-0.4, -0.2) is 22.6 Å². The molecule has 3 aromatic rings. The number of fused-ring (bicyclic) bond motifs is 1. The molecule has 1 N–H and O–H groups in total. The summed E-state index contributed by atoms with van der Waals surface area (Å²) < 4.78 is 7.75. The van der Waals surface area contributed by atoms with Crippen molar-refractivity contribution in [3.8, 4) is 5.75 Å². The van der Waals surface area contributed by atoms with Crippen LogP contribution in [0.5, 0.6) is 5.75 Å². The summed E-state index contributed by atoms with van der Waals surface area (Å²) in [5, 5.41) is 8.07. The second kappa shape index (κ2) is 7.59. The standard InChI is InChI=1S/C18H21N3O2S/c1-3-19-9-7-15(13-8-10-24-11-13)23-16-6-4-5-14-17(16)20-12-21(2)18(14)22/h4-6,8,10-12,15,19H,3,7,9H2,1-2H3/t15-/m1/s1. The van der Waals surface area contributed by atoms with E-state index in [1.807, 2.05) is 12.1 Å². The van der Waals surface area contributed by atoms with Gasteiger partial charge in [-0.3, -0.25) is 4.79 Å². The average molecular weight is 343 g/mol. The molecule has 0 saturated carbocycles. The lowest BCUT2D eigenvalue weighted by molar-refractivity contribution is 0.197. The first-order valence-corrected chi connectivity index (χ1v) is 8.98. The van der Waals surface area contributed by atoms with E-state index in [0.717, 1.165) is 25.1 Å². The molecule has 0 amide bonds. The molecule has 126 valence electrons. The number of nitrogens with zero attached hydrogens (tertiary/aromatic N) is 2. The van der Waals surface area contributed by atoms with Crippen molar-refractivity contribution < 1.29 is 4.74 Å². The van der Waals surface area contributed by atoms with Crippen LogP contribution < -0.4 is 15.6 Å². The highest BCUT2D eigenvalue weighted by Gasteiger charge is 2.16. The zero-order chi connectivity index (χ0) is 16.9. The van der Waals surface area contributed by atoms with Gasteiger partial charge >= 0.3 is 0 Å². The number of rotatable bonds is 7. The molecule has 5 nitrogen and oxygen atoms in total. The van der Waals surface area contributed by atoms with E-state index in [4.69, 9.17) is 4.74 Å². The van der Waals surface area contributed by atoms with E-state index in [2.05, 4.69) is 34.1 Å². The van der Waals surface area contributed by atoms with Crippen LogP contribution in [0.3, 0.4) is 0 Å². The van der Waals surface area contributed by atoms with Crippen LogP contribution in [0.2, 0.25) is 0 Å². The van der Waals surface area contributed by atoms with Gasteiger partial charge in [-0.05, 0) is 42.0 Å². The third kappa shape index (κ3) is 3.49. The number of aromatic nitrogens is 2. The van der Waals surface area contributed by atoms with Gasteiger partial charge in [0.2, 0.25) is 0 Å². The molecule has 2 aromatic heterocycles. The Morgan fingerprint density at radius 3 is 3.00 bits per heavy atom. The van der Waals surface area contributed by atoms with Crippen molar-refractivity contribution in [2.45, 2.75) is 19.4 Å². The van der Waals surface area contributed by atoms with Gasteiger partial charge in [-0.2, -0.15) is 11.3 Å². The molecule has 0 radical (unpaired) electrons. The molecule has 0 fully saturated rings. The van der Waals surface area contributed by atoms with Crippen LogP contribution in [0.25, 0.3) is 10.9 Å². The minimum Gasteiger partial charge on any atom is -0.483 e. The number of thiophene rings is 1. The van der Waals surface area contributed by atoms with Crippen LogP contribution in [0.1, 0.15) is 25.0 Å². The molecular weight excluding hydrogens is 322 g/mol. The number of hydrogen-bond donors (Lipinski definition) is 1. The van der Waals surface area contributed by atoms with Gasteiger partial charge in [0, 0.05) is 19.0 Å². The van der Waals surface area contributed by atoms with Crippen molar-refractivity contribution in [3.05, 3.63) is 57.3 Å². The van der Waals surface area contributed by atoms with Crippen LogP contribution >= 0.6 is 11.3 Å². The summed E-state index contributed by atoms with van der Waals surface area (Å²) in [7, 11) is 1.70. The number of aryl methyl sites for hydroxylation is 1. The van der Waals surface area contributed by atoms with Crippen LogP contribution in [0, 0.1) is 0 Å². The van der Waals surface area contributed by atoms with E-state index in [9.17, 15) is 4.79 Å². The summed E-state index contributed by atoms with van der Waals surface area (Å²) in [6, 6.07) is 7.59. The predicted octanol–water partition coefficient (Wildman–Crippen LogP) is 3.11. The lowest BCUT2D eigenvalue weighted by atomic mass is 10.1. The smallest absolute Gasteiger partial charge is 0.261 e. The van der Waals surface area contributed by atoms with Crippen LogP contribution in [0.15, 0.2) is 46.1 Å². The highest BCUT2D eigenvalue weighted by molar-refractivity contribution is 7.07. The Bertz CT molecular complexity index is 858. The lowest BCUT2D eigenvalue weighted by Crippen LogP contribution is -2.20. The first-order chi connectivity index (χ1) is 11.7. The fourth-order valence-electron chi connectivity index (χ4n) is 2.62. The first kappa shape index (κ1) is 16.7.